The summed E-state index contributed by atoms with van der Waals surface area (Å²) in [6, 6.07) is 10.8. The number of amides is 1. The summed E-state index contributed by atoms with van der Waals surface area (Å²) in [5.74, 6) is 0.0602. The maximum atomic E-state index is 12.9. The predicted octanol–water partition coefficient (Wildman–Crippen LogP) is 3.66. The van der Waals surface area contributed by atoms with Gasteiger partial charge in [0.15, 0.2) is 0 Å². The highest BCUT2D eigenvalue weighted by atomic mass is 32.2. The number of hydrogen-bond acceptors (Lipinski definition) is 3. The summed E-state index contributed by atoms with van der Waals surface area (Å²) in [6.45, 7) is 6.34. The molecule has 0 saturated carbocycles. The van der Waals surface area contributed by atoms with Gasteiger partial charge in [-0.2, -0.15) is 0 Å². The second kappa shape index (κ2) is 7.11. The number of aryl methyl sites for hydroxylation is 2. The van der Waals surface area contributed by atoms with Crippen LogP contribution in [0.2, 0.25) is 0 Å². The lowest BCUT2D eigenvalue weighted by atomic mass is 10.1. The first kappa shape index (κ1) is 18.5. The van der Waals surface area contributed by atoms with Crippen LogP contribution >= 0.6 is 0 Å². The summed E-state index contributed by atoms with van der Waals surface area (Å²) < 4.78 is 28.6. The van der Waals surface area contributed by atoms with Crippen LogP contribution in [0.5, 0.6) is 0 Å². The van der Waals surface area contributed by atoms with Gasteiger partial charge in [0.05, 0.1) is 10.6 Å². The zero-order chi connectivity index (χ0) is 18.9. The van der Waals surface area contributed by atoms with Crippen molar-refractivity contribution in [3.8, 4) is 0 Å². The highest BCUT2D eigenvalue weighted by Crippen LogP contribution is 2.32. The number of nitrogens with one attached hydrogen (secondary N) is 1. The van der Waals surface area contributed by atoms with Crippen molar-refractivity contribution in [2.24, 2.45) is 0 Å². The SMILES string of the molecule is CCC(=O)N1CCc2cc(S(=O)(=O)Nc3c(C)cccc3CC)ccc21. The van der Waals surface area contributed by atoms with Crippen LogP contribution in [-0.4, -0.2) is 20.9 Å². The molecule has 2 aromatic carbocycles. The summed E-state index contributed by atoms with van der Waals surface area (Å²) >= 11 is 0. The van der Waals surface area contributed by atoms with E-state index in [0.717, 1.165) is 28.8 Å². The summed E-state index contributed by atoms with van der Waals surface area (Å²) in [4.78, 5) is 14.0. The Morgan fingerprint density at radius 1 is 1.19 bits per heavy atom. The van der Waals surface area contributed by atoms with Crippen molar-refractivity contribution in [3.63, 3.8) is 0 Å². The largest absolute Gasteiger partial charge is 0.312 e. The molecule has 0 spiro atoms. The van der Waals surface area contributed by atoms with Gasteiger partial charge in [-0.3, -0.25) is 9.52 Å². The summed E-state index contributed by atoms with van der Waals surface area (Å²) in [6.07, 6.45) is 1.86. The third kappa shape index (κ3) is 3.33. The number of anilines is 2. The molecule has 1 amide bonds. The average molecular weight is 372 g/mol. The Bertz CT molecular complexity index is 952. The molecule has 1 heterocycles. The third-order valence-corrected chi connectivity index (χ3v) is 6.18. The number of nitrogens with zero attached hydrogens (tertiary/aromatic N) is 1. The molecule has 0 bridgehead atoms. The Balaban J connectivity index is 1.94. The van der Waals surface area contributed by atoms with E-state index in [-0.39, 0.29) is 10.8 Å². The zero-order valence-electron chi connectivity index (χ0n) is 15.4. The fourth-order valence-corrected chi connectivity index (χ4v) is 4.58. The van der Waals surface area contributed by atoms with Crippen molar-refractivity contribution in [2.45, 2.75) is 44.9 Å². The summed E-state index contributed by atoms with van der Waals surface area (Å²) in [7, 11) is -3.69. The Hall–Kier alpha value is -2.34. The van der Waals surface area contributed by atoms with Crippen molar-refractivity contribution < 1.29 is 13.2 Å². The number of sulfonamides is 1. The van der Waals surface area contributed by atoms with Crippen LogP contribution < -0.4 is 9.62 Å². The topological polar surface area (TPSA) is 66.5 Å². The molecule has 0 aliphatic carbocycles. The maximum absolute atomic E-state index is 12.9. The second-order valence-electron chi connectivity index (χ2n) is 6.51. The van der Waals surface area contributed by atoms with E-state index in [1.54, 1.807) is 23.1 Å². The maximum Gasteiger partial charge on any atom is 0.261 e. The number of hydrogen-bond donors (Lipinski definition) is 1. The second-order valence-corrected chi connectivity index (χ2v) is 8.19. The van der Waals surface area contributed by atoms with Crippen LogP contribution in [0.3, 0.4) is 0 Å². The molecule has 0 saturated heterocycles. The first-order chi connectivity index (χ1) is 12.4. The number of benzene rings is 2. The molecular weight excluding hydrogens is 348 g/mol. The molecule has 1 N–H and O–H groups in total. The number of carbonyl (C=O) groups is 1. The lowest BCUT2D eigenvalue weighted by Gasteiger charge is -2.17. The normalized spacial score (nSPS) is 13.6. The minimum Gasteiger partial charge on any atom is -0.312 e. The number of rotatable bonds is 5. The summed E-state index contributed by atoms with van der Waals surface area (Å²) in [5.41, 5.74) is 4.23. The van der Waals surface area contributed by atoms with Crippen molar-refractivity contribution in [1.82, 2.24) is 0 Å². The Kier molecular flexibility index (Phi) is 5.05. The Labute approximate surface area is 155 Å². The van der Waals surface area contributed by atoms with E-state index in [0.29, 0.717) is 25.1 Å². The monoisotopic (exact) mass is 372 g/mol. The van der Waals surface area contributed by atoms with Crippen LogP contribution in [-0.2, 0) is 27.7 Å². The highest BCUT2D eigenvalue weighted by molar-refractivity contribution is 7.92. The van der Waals surface area contributed by atoms with Gasteiger partial charge >= 0.3 is 0 Å². The predicted molar refractivity (Wildman–Crippen MR) is 104 cm³/mol. The molecule has 26 heavy (non-hydrogen) atoms. The van der Waals surface area contributed by atoms with E-state index in [4.69, 9.17) is 0 Å². The van der Waals surface area contributed by atoms with Crippen molar-refractivity contribution in [1.29, 1.82) is 0 Å². The van der Waals surface area contributed by atoms with Crippen molar-refractivity contribution >= 4 is 27.3 Å². The van der Waals surface area contributed by atoms with Gasteiger partial charge in [0.25, 0.3) is 10.0 Å². The van der Waals surface area contributed by atoms with Crippen LogP contribution in [0, 0.1) is 6.92 Å². The highest BCUT2D eigenvalue weighted by Gasteiger charge is 2.26. The smallest absolute Gasteiger partial charge is 0.261 e. The van der Waals surface area contributed by atoms with Crippen molar-refractivity contribution in [3.05, 3.63) is 53.1 Å². The Morgan fingerprint density at radius 3 is 2.65 bits per heavy atom. The van der Waals surface area contributed by atoms with E-state index in [2.05, 4.69) is 4.72 Å². The van der Waals surface area contributed by atoms with Gasteiger partial charge in [-0.25, -0.2) is 8.42 Å². The van der Waals surface area contributed by atoms with E-state index >= 15 is 0 Å². The van der Waals surface area contributed by atoms with E-state index < -0.39 is 10.0 Å². The van der Waals surface area contributed by atoms with Gasteiger partial charge in [0.1, 0.15) is 0 Å². The van der Waals surface area contributed by atoms with Gasteiger partial charge in [0.2, 0.25) is 5.91 Å². The third-order valence-electron chi connectivity index (χ3n) is 4.84. The van der Waals surface area contributed by atoms with E-state index in [9.17, 15) is 13.2 Å². The first-order valence-corrected chi connectivity index (χ1v) is 10.4. The summed E-state index contributed by atoms with van der Waals surface area (Å²) in [5, 5.41) is 0. The van der Waals surface area contributed by atoms with Crippen LogP contribution in [0.4, 0.5) is 11.4 Å². The molecule has 5 nitrogen and oxygen atoms in total. The van der Waals surface area contributed by atoms with Gasteiger partial charge in [-0.05, 0) is 54.7 Å². The lowest BCUT2D eigenvalue weighted by Crippen LogP contribution is -2.27. The average Bonchev–Trinajstić information content (AvgIpc) is 3.06. The minimum absolute atomic E-state index is 0.0602. The van der Waals surface area contributed by atoms with Gasteiger partial charge in [-0.1, -0.05) is 32.0 Å². The lowest BCUT2D eigenvalue weighted by molar-refractivity contribution is -0.118. The fraction of sp³-hybridized carbons (Fsp3) is 0.350. The number of fused-ring (bicyclic) bond motifs is 1. The fourth-order valence-electron chi connectivity index (χ4n) is 3.36. The molecule has 0 fully saturated rings. The quantitative estimate of drug-likeness (QED) is 0.871. The van der Waals surface area contributed by atoms with E-state index in [1.807, 2.05) is 39.0 Å². The van der Waals surface area contributed by atoms with Crippen LogP contribution in [0.1, 0.15) is 37.0 Å². The molecule has 1 aliphatic rings. The molecule has 0 radical (unpaired) electrons. The van der Waals surface area contributed by atoms with Gasteiger partial charge in [-0.15, -0.1) is 0 Å². The number of para-hydroxylation sites is 1. The van der Waals surface area contributed by atoms with Gasteiger partial charge in [0, 0.05) is 18.7 Å². The van der Waals surface area contributed by atoms with Gasteiger partial charge < -0.3 is 4.90 Å². The minimum atomic E-state index is -3.69. The van der Waals surface area contributed by atoms with Crippen molar-refractivity contribution in [2.75, 3.05) is 16.2 Å². The zero-order valence-corrected chi connectivity index (χ0v) is 16.2. The molecule has 6 heteroatoms. The van der Waals surface area contributed by atoms with Crippen LogP contribution in [0.15, 0.2) is 41.3 Å². The number of carbonyl (C=O) groups excluding carboxylic acids is 1. The first-order valence-electron chi connectivity index (χ1n) is 8.92. The molecular formula is C20H24N2O3S. The molecule has 0 atom stereocenters. The molecule has 1 aliphatic heterocycles. The molecule has 0 unspecified atom stereocenters. The molecule has 3 rings (SSSR count). The van der Waals surface area contributed by atoms with E-state index in [1.165, 1.54) is 0 Å². The molecule has 138 valence electrons. The molecule has 0 aromatic heterocycles. The Morgan fingerprint density at radius 2 is 1.96 bits per heavy atom. The molecule has 2 aromatic rings. The standard InChI is InChI=1S/C20H24N2O3S/c1-4-15-8-6-7-14(3)20(15)21-26(24,25)17-9-10-18-16(13-17)11-12-22(18)19(23)5-2/h6-10,13,21H,4-5,11-12H2,1-3H3. The van der Waals surface area contributed by atoms with Crippen LogP contribution in [0.25, 0.3) is 0 Å².